The number of ketones is 1. The SMILES string of the molecule is COc1cc(NC(=O)c2ccccc2)c(C(=O)/C=C/N(C)C)cc1OC. The number of nitrogens with zero attached hydrogens (tertiary/aromatic N) is 1. The average molecular weight is 354 g/mol. The van der Waals surface area contributed by atoms with E-state index >= 15 is 0 Å². The van der Waals surface area contributed by atoms with Crippen molar-refractivity contribution in [3.63, 3.8) is 0 Å². The molecule has 0 spiro atoms. The van der Waals surface area contributed by atoms with Gasteiger partial charge >= 0.3 is 0 Å². The quantitative estimate of drug-likeness (QED) is 0.611. The van der Waals surface area contributed by atoms with Crippen molar-refractivity contribution in [2.45, 2.75) is 0 Å². The van der Waals surface area contributed by atoms with Crippen molar-refractivity contribution < 1.29 is 19.1 Å². The van der Waals surface area contributed by atoms with E-state index < -0.39 is 0 Å². The third-order valence-corrected chi connectivity index (χ3v) is 3.60. The number of nitrogens with one attached hydrogen (secondary N) is 1. The van der Waals surface area contributed by atoms with Crippen molar-refractivity contribution >= 4 is 17.4 Å². The highest BCUT2D eigenvalue weighted by atomic mass is 16.5. The largest absolute Gasteiger partial charge is 0.493 e. The fraction of sp³-hybridized carbons (Fsp3) is 0.200. The highest BCUT2D eigenvalue weighted by molar-refractivity contribution is 6.13. The number of methoxy groups -OCH3 is 2. The Labute approximate surface area is 153 Å². The van der Waals surface area contributed by atoms with E-state index in [9.17, 15) is 9.59 Å². The molecule has 0 radical (unpaired) electrons. The summed E-state index contributed by atoms with van der Waals surface area (Å²) in [7, 11) is 6.62. The lowest BCUT2D eigenvalue weighted by Gasteiger charge is -2.15. The molecular weight excluding hydrogens is 332 g/mol. The van der Waals surface area contributed by atoms with Crippen molar-refractivity contribution in [3.8, 4) is 11.5 Å². The van der Waals surface area contributed by atoms with Gasteiger partial charge in [0.2, 0.25) is 0 Å². The van der Waals surface area contributed by atoms with Gasteiger partial charge in [0.05, 0.1) is 19.9 Å². The molecule has 0 aromatic heterocycles. The van der Waals surface area contributed by atoms with Gasteiger partial charge < -0.3 is 19.7 Å². The van der Waals surface area contributed by atoms with Crippen LogP contribution >= 0.6 is 0 Å². The summed E-state index contributed by atoms with van der Waals surface area (Å²) in [5.74, 6) is 0.252. The third-order valence-electron chi connectivity index (χ3n) is 3.60. The Hall–Kier alpha value is -3.28. The lowest BCUT2D eigenvalue weighted by Crippen LogP contribution is -2.15. The Balaban J connectivity index is 2.44. The van der Waals surface area contributed by atoms with Crippen LogP contribution in [0.1, 0.15) is 20.7 Å². The molecular formula is C20H22N2O4. The molecule has 0 bridgehead atoms. The number of allylic oxidation sites excluding steroid dienone is 1. The first kappa shape index (κ1) is 19.1. The molecule has 26 heavy (non-hydrogen) atoms. The van der Waals surface area contributed by atoms with Gasteiger partial charge in [-0.05, 0) is 18.2 Å². The molecule has 1 N–H and O–H groups in total. The van der Waals surface area contributed by atoms with Gasteiger partial charge in [-0.3, -0.25) is 9.59 Å². The van der Waals surface area contributed by atoms with Gasteiger partial charge in [-0.15, -0.1) is 0 Å². The fourth-order valence-corrected chi connectivity index (χ4v) is 2.28. The second kappa shape index (κ2) is 8.71. The zero-order chi connectivity index (χ0) is 19.1. The molecule has 2 aromatic carbocycles. The van der Waals surface area contributed by atoms with Crippen molar-refractivity contribution in [1.29, 1.82) is 0 Å². The summed E-state index contributed by atoms with van der Waals surface area (Å²) in [5, 5.41) is 2.78. The van der Waals surface area contributed by atoms with Crippen molar-refractivity contribution in [2.24, 2.45) is 0 Å². The molecule has 2 rings (SSSR count). The molecule has 0 aliphatic rings. The van der Waals surface area contributed by atoms with Crippen LogP contribution in [0.25, 0.3) is 0 Å². The predicted molar refractivity (Wildman–Crippen MR) is 101 cm³/mol. The minimum atomic E-state index is -0.316. The van der Waals surface area contributed by atoms with Crippen molar-refractivity contribution in [3.05, 3.63) is 65.9 Å². The normalized spacial score (nSPS) is 10.5. The van der Waals surface area contributed by atoms with E-state index in [1.165, 1.54) is 20.3 Å². The predicted octanol–water partition coefficient (Wildman–Crippen LogP) is 3.21. The summed E-state index contributed by atoms with van der Waals surface area (Å²) < 4.78 is 10.6. The summed E-state index contributed by atoms with van der Waals surface area (Å²) in [6.07, 6.45) is 3.07. The monoisotopic (exact) mass is 354 g/mol. The number of anilines is 1. The Morgan fingerprint density at radius 3 is 2.19 bits per heavy atom. The molecule has 0 saturated carbocycles. The second-order valence-electron chi connectivity index (χ2n) is 5.72. The second-order valence-corrected chi connectivity index (χ2v) is 5.72. The first-order chi connectivity index (χ1) is 12.5. The maximum Gasteiger partial charge on any atom is 0.255 e. The average Bonchev–Trinajstić information content (AvgIpc) is 2.66. The highest BCUT2D eigenvalue weighted by Crippen LogP contribution is 2.34. The number of ether oxygens (including phenoxy) is 2. The maximum atomic E-state index is 12.6. The number of rotatable bonds is 7. The summed E-state index contributed by atoms with van der Waals surface area (Å²) in [6.45, 7) is 0. The molecule has 0 fully saturated rings. The third kappa shape index (κ3) is 4.63. The number of hydrogen-bond acceptors (Lipinski definition) is 5. The van der Waals surface area contributed by atoms with Gasteiger partial charge in [0.15, 0.2) is 17.3 Å². The van der Waals surface area contributed by atoms with Crippen LogP contribution < -0.4 is 14.8 Å². The van der Waals surface area contributed by atoms with E-state index in [4.69, 9.17) is 9.47 Å². The number of hydrogen-bond donors (Lipinski definition) is 1. The molecule has 6 heteroatoms. The first-order valence-corrected chi connectivity index (χ1v) is 7.97. The summed E-state index contributed by atoms with van der Waals surface area (Å²) in [5.41, 5.74) is 1.15. The lowest BCUT2D eigenvalue weighted by molar-refractivity contribution is 0.102. The number of carbonyl (C=O) groups is 2. The van der Waals surface area contributed by atoms with Crippen LogP contribution in [0.4, 0.5) is 5.69 Å². The molecule has 0 aliphatic carbocycles. The van der Waals surface area contributed by atoms with Crippen molar-refractivity contribution in [2.75, 3.05) is 33.6 Å². The minimum absolute atomic E-state index is 0.261. The Morgan fingerprint density at radius 2 is 1.62 bits per heavy atom. The van der Waals surface area contributed by atoms with E-state index in [1.807, 2.05) is 20.2 Å². The van der Waals surface area contributed by atoms with Gasteiger partial charge in [0.25, 0.3) is 5.91 Å². The molecule has 1 amide bonds. The van der Waals surface area contributed by atoms with Gasteiger partial charge in [0, 0.05) is 43.6 Å². The fourth-order valence-electron chi connectivity index (χ4n) is 2.28. The van der Waals surface area contributed by atoms with Gasteiger partial charge in [-0.25, -0.2) is 0 Å². The number of amides is 1. The van der Waals surface area contributed by atoms with E-state index in [2.05, 4.69) is 5.32 Å². The molecule has 0 unspecified atom stereocenters. The molecule has 0 saturated heterocycles. The smallest absolute Gasteiger partial charge is 0.255 e. The topological polar surface area (TPSA) is 67.9 Å². The number of benzene rings is 2. The molecule has 0 aliphatic heterocycles. The highest BCUT2D eigenvalue weighted by Gasteiger charge is 2.18. The molecule has 2 aromatic rings. The maximum absolute atomic E-state index is 12.6. The summed E-state index contributed by atoms with van der Waals surface area (Å²) in [4.78, 5) is 26.8. The minimum Gasteiger partial charge on any atom is -0.493 e. The summed E-state index contributed by atoms with van der Waals surface area (Å²) in [6, 6.07) is 11.9. The van der Waals surface area contributed by atoms with Gasteiger partial charge in [0.1, 0.15) is 0 Å². The van der Waals surface area contributed by atoms with Crippen LogP contribution in [-0.2, 0) is 0 Å². The van der Waals surface area contributed by atoms with E-state index in [0.29, 0.717) is 28.3 Å². The molecule has 0 atom stereocenters. The van der Waals surface area contributed by atoms with Gasteiger partial charge in [-0.1, -0.05) is 18.2 Å². The molecule has 6 nitrogen and oxygen atoms in total. The van der Waals surface area contributed by atoms with E-state index in [0.717, 1.165) is 0 Å². The first-order valence-electron chi connectivity index (χ1n) is 7.97. The van der Waals surface area contributed by atoms with E-state index in [-0.39, 0.29) is 11.7 Å². The lowest BCUT2D eigenvalue weighted by atomic mass is 10.1. The van der Waals surface area contributed by atoms with Crippen LogP contribution in [0, 0.1) is 0 Å². The van der Waals surface area contributed by atoms with E-state index in [1.54, 1.807) is 47.5 Å². The zero-order valence-corrected chi connectivity index (χ0v) is 15.3. The Kier molecular flexibility index (Phi) is 6.38. The molecule has 136 valence electrons. The van der Waals surface area contributed by atoms with Crippen molar-refractivity contribution in [1.82, 2.24) is 4.90 Å². The Morgan fingerprint density at radius 1 is 1.00 bits per heavy atom. The van der Waals surface area contributed by atoms with Crippen LogP contribution in [0.3, 0.4) is 0 Å². The Bertz CT molecular complexity index is 814. The summed E-state index contributed by atoms with van der Waals surface area (Å²) >= 11 is 0. The number of carbonyl (C=O) groups excluding carboxylic acids is 2. The van der Waals surface area contributed by atoms with Crippen LogP contribution in [-0.4, -0.2) is 44.9 Å². The van der Waals surface area contributed by atoms with Crippen LogP contribution in [0.15, 0.2) is 54.7 Å². The molecule has 0 heterocycles. The van der Waals surface area contributed by atoms with Crippen LogP contribution in [0.2, 0.25) is 0 Å². The zero-order valence-electron chi connectivity index (χ0n) is 15.3. The van der Waals surface area contributed by atoms with Crippen LogP contribution in [0.5, 0.6) is 11.5 Å². The standard InChI is InChI=1S/C20H22N2O4/c1-22(2)11-10-17(23)15-12-18(25-3)19(26-4)13-16(15)21-20(24)14-8-6-5-7-9-14/h5-13H,1-4H3,(H,21,24)/b11-10+. The van der Waals surface area contributed by atoms with Gasteiger partial charge in [-0.2, -0.15) is 0 Å².